The van der Waals surface area contributed by atoms with E-state index in [1.165, 1.54) is 61.1 Å². The summed E-state index contributed by atoms with van der Waals surface area (Å²) in [5, 5.41) is 2.61. The summed E-state index contributed by atoms with van der Waals surface area (Å²) in [6.45, 7) is 4.66. The summed E-state index contributed by atoms with van der Waals surface area (Å²) >= 11 is 0. The van der Waals surface area contributed by atoms with Gasteiger partial charge in [0.25, 0.3) is 0 Å². The molecule has 0 atom stereocenters. The molecule has 0 fully saturated rings. The number of para-hydroxylation sites is 3. The second kappa shape index (κ2) is 7.60. The molecule has 36 heavy (non-hydrogen) atoms. The maximum atomic E-state index is 2.41. The zero-order valence-corrected chi connectivity index (χ0v) is 20.9. The number of fused-ring (bicyclic) bond motifs is 5. The van der Waals surface area contributed by atoms with Crippen LogP contribution < -0.4 is 4.90 Å². The highest BCUT2D eigenvalue weighted by Gasteiger charge is 2.36. The molecule has 7 rings (SSSR count). The minimum absolute atomic E-state index is 0.0442. The highest BCUT2D eigenvalue weighted by Crippen LogP contribution is 2.51. The Hall–Kier alpha value is -4.30. The van der Waals surface area contributed by atoms with Gasteiger partial charge in [-0.15, -0.1) is 0 Å². The fourth-order valence-corrected chi connectivity index (χ4v) is 6.10. The van der Waals surface area contributed by atoms with Gasteiger partial charge in [0.1, 0.15) is 0 Å². The summed E-state index contributed by atoms with van der Waals surface area (Å²) in [5.74, 6) is 0. The quantitative estimate of drug-likeness (QED) is 0.248. The second-order valence-corrected chi connectivity index (χ2v) is 10.3. The zero-order valence-electron chi connectivity index (χ0n) is 20.9. The predicted molar refractivity (Wildman–Crippen MR) is 153 cm³/mol. The summed E-state index contributed by atoms with van der Waals surface area (Å²) in [6, 6.07) is 42.1. The molecule has 0 spiro atoms. The van der Waals surface area contributed by atoms with Crippen LogP contribution in [0.5, 0.6) is 0 Å². The molecule has 0 amide bonds. The Morgan fingerprint density at radius 1 is 0.528 bits per heavy atom. The number of nitrogens with zero attached hydrogens (tertiary/aromatic N) is 2. The Balaban J connectivity index is 1.34. The lowest BCUT2D eigenvalue weighted by Crippen LogP contribution is -2.30. The van der Waals surface area contributed by atoms with Crippen LogP contribution in [0.25, 0.3) is 32.9 Å². The highest BCUT2D eigenvalue weighted by molar-refractivity contribution is 6.09. The van der Waals surface area contributed by atoms with Gasteiger partial charge in [-0.2, -0.15) is 0 Å². The van der Waals surface area contributed by atoms with Gasteiger partial charge in [0.15, 0.2) is 0 Å². The SMILES string of the molecule is Cn1c2ccccc2c2cc(-c3ccc(N4c5ccccc5C(C)(C)c5ccccc54)cc3)ccc21. The number of anilines is 3. The standard InChI is InChI=1S/C34H28N2/c1-34(2)28-11-5-8-14-32(28)36(33-15-9-6-12-29(33)34)25-19-16-23(17-20-25)24-18-21-31-27(22-24)26-10-4-7-13-30(26)35(31)3/h4-22H,1-3H3. The lowest BCUT2D eigenvalue weighted by Gasteiger charge is -2.42. The average molecular weight is 465 g/mol. The smallest absolute Gasteiger partial charge is 0.0502 e. The van der Waals surface area contributed by atoms with E-state index in [2.05, 4.69) is 146 Å². The Morgan fingerprint density at radius 3 is 1.78 bits per heavy atom. The summed E-state index contributed by atoms with van der Waals surface area (Å²) in [6.07, 6.45) is 0. The first kappa shape index (κ1) is 21.0. The lowest BCUT2D eigenvalue weighted by molar-refractivity contribution is 0.632. The maximum absolute atomic E-state index is 2.41. The molecule has 6 aromatic rings. The predicted octanol–water partition coefficient (Wildman–Crippen LogP) is 9.11. The van der Waals surface area contributed by atoms with E-state index in [9.17, 15) is 0 Å². The number of benzene rings is 5. The lowest BCUT2D eigenvalue weighted by atomic mass is 9.73. The topological polar surface area (TPSA) is 8.17 Å². The van der Waals surface area contributed by atoms with Gasteiger partial charge in [-0.05, 0) is 64.7 Å². The molecule has 0 radical (unpaired) electrons. The van der Waals surface area contributed by atoms with Crippen LogP contribution in [0.1, 0.15) is 25.0 Å². The molecule has 174 valence electrons. The molecule has 1 aliphatic rings. The number of aryl methyl sites for hydroxylation is 1. The normalized spacial score (nSPS) is 14.1. The first-order valence-electron chi connectivity index (χ1n) is 12.6. The van der Waals surface area contributed by atoms with Gasteiger partial charge >= 0.3 is 0 Å². The van der Waals surface area contributed by atoms with Crippen LogP contribution in [0.15, 0.2) is 115 Å². The molecule has 5 aromatic carbocycles. The van der Waals surface area contributed by atoms with Gasteiger partial charge in [0.05, 0.1) is 11.4 Å². The van der Waals surface area contributed by atoms with Crippen molar-refractivity contribution in [3.8, 4) is 11.1 Å². The Morgan fingerprint density at radius 2 is 1.08 bits per heavy atom. The Kier molecular flexibility index (Phi) is 4.44. The molecule has 1 aliphatic heterocycles. The van der Waals surface area contributed by atoms with E-state index >= 15 is 0 Å². The van der Waals surface area contributed by atoms with Crippen molar-refractivity contribution in [2.45, 2.75) is 19.3 Å². The van der Waals surface area contributed by atoms with E-state index in [1.54, 1.807) is 0 Å². The zero-order chi connectivity index (χ0) is 24.4. The molecule has 2 nitrogen and oxygen atoms in total. The minimum atomic E-state index is -0.0442. The van der Waals surface area contributed by atoms with Crippen molar-refractivity contribution in [1.29, 1.82) is 0 Å². The van der Waals surface area contributed by atoms with Crippen molar-refractivity contribution in [3.63, 3.8) is 0 Å². The van der Waals surface area contributed by atoms with Crippen LogP contribution in [0.3, 0.4) is 0 Å². The summed E-state index contributed by atoms with van der Waals surface area (Å²) in [4.78, 5) is 2.41. The van der Waals surface area contributed by atoms with Crippen LogP contribution in [0.4, 0.5) is 17.1 Å². The summed E-state index contributed by atoms with van der Waals surface area (Å²) < 4.78 is 2.28. The van der Waals surface area contributed by atoms with E-state index in [0.29, 0.717) is 0 Å². The molecule has 0 bridgehead atoms. The summed E-state index contributed by atoms with van der Waals surface area (Å²) in [5.41, 5.74) is 11.4. The molecule has 0 saturated heterocycles. The maximum Gasteiger partial charge on any atom is 0.0502 e. The van der Waals surface area contributed by atoms with E-state index < -0.39 is 0 Å². The van der Waals surface area contributed by atoms with E-state index in [0.717, 1.165) is 0 Å². The number of hydrogen-bond acceptors (Lipinski definition) is 1. The molecule has 0 unspecified atom stereocenters. The number of rotatable bonds is 2. The van der Waals surface area contributed by atoms with E-state index in [1.807, 2.05) is 0 Å². The third-order valence-electron chi connectivity index (χ3n) is 8.01. The van der Waals surface area contributed by atoms with E-state index in [4.69, 9.17) is 0 Å². The van der Waals surface area contributed by atoms with Gasteiger partial charge < -0.3 is 9.47 Å². The van der Waals surface area contributed by atoms with Crippen LogP contribution in [-0.2, 0) is 12.5 Å². The monoisotopic (exact) mass is 464 g/mol. The first-order chi connectivity index (χ1) is 17.5. The third-order valence-corrected chi connectivity index (χ3v) is 8.01. The first-order valence-corrected chi connectivity index (χ1v) is 12.6. The molecular formula is C34H28N2. The van der Waals surface area contributed by atoms with E-state index in [-0.39, 0.29) is 5.41 Å². The highest BCUT2D eigenvalue weighted by atomic mass is 15.2. The fraction of sp³-hybridized carbons (Fsp3) is 0.118. The Labute approximate surface area is 212 Å². The minimum Gasteiger partial charge on any atom is -0.344 e. The fourth-order valence-electron chi connectivity index (χ4n) is 6.10. The summed E-state index contributed by atoms with van der Waals surface area (Å²) in [7, 11) is 2.15. The second-order valence-electron chi connectivity index (χ2n) is 10.3. The molecule has 1 aromatic heterocycles. The van der Waals surface area contributed by atoms with Gasteiger partial charge in [-0.3, -0.25) is 0 Å². The molecular weight excluding hydrogens is 436 g/mol. The van der Waals surface area contributed by atoms with Gasteiger partial charge in [0.2, 0.25) is 0 Å². The van der Waals surface area contributed by atoms with Crippen LogP contribution in [-0.4, -0.2) is 4.57 Å². The van der Waals surface area contributed by atoms with Crippen molar-refractivity contribution >= 4 is 38.9 Å². The van der Waals surface area contributed by atoms with Crippen molar-refractivity contribution in [3.05, 3.63) is 126 Å². The Bertz CT molecular complexity index is 1720. The molecule has 0 saturated carbocycles. The van der Waals surface area contributed by atoms with Crippen molar-refractivity contribution in [2.75, 3.05) is 4.90 Å². The van der Waals surface area contributed by atoms with Gasteiger partial charge in [0, 0.05) is 40.0 Å². The molecule has 2 heterocycles. The van der Waals surface area contributed by atoms with Crippen molar-refractivity contribution < 1.29 is 0 Å². The number of aromatic nitrogens is 1. The van der Waals surface area contributed by atoms with Gasteiger partial charge in [-0.1, -0.05) is 86.6 Å². The van der Waals surface area contributed by atoms with Crippen LogP contribution in [0.2, 0.25) is 0 Å². The molecule has 0 aliphatic carbocycles. The molecule has 0 N–H and O–H groups in total. The number of hydrogen-bond donors (Lipinski definition) is 0. The average Bonchev–Trinajstić information content (AvgIpc) is 3.21. The molecule has 2 heteroatoms. The van der Waals surface area contributed by atoms with Crippen LogP contribution >= 0.6 is 0 Å². The largest absolute Gasteiger partial charge is 0.344 e. The van der Waals surface area contributed by atoms with Gasteiger partial charge in [-0.25, -0.2) is 0 Å². The third kappa shape index (κ3) is 2.91. The van der Waals surface area contributed by atoms with Crippen molar-refractivity contribution in [1.82, 2.24) is 4.57 Å². The van der Waals surface area contributed by atoms with Crippen LogP contribution in [0, 0.1) is 0 Å². The van der Waals surface area contributed by atoms with Crippen molar-refractivity contribution in [2.24, 2.45) is 7.05 Å².